The van der Waals surface area contributed by atoms with Crippen LogP contribution in [0.4, 0.5) is 4.39 Å². The summed E-state index contributed by atoms with van der Waals surface area (Å²) in [6.07, 6.45) is 8.86. The van der Waals surface area contributed by atoms with Gasteiger partial charge in [-0.15, -0.1) is 0 Å². The molecule has 166 valence electrons. The Bertz CT molecular complexity index is 566. The fourth-order valence-electron chi connectivity index (χ4n) is 4.70. The number of hydrogen-bond donors (Lipinski definition) is 2. The molecule has 1 heterocycles. The van der Waals surface area contributed by atoms with E-state index in [0.29, 0.717) is 19.3 Å². The SMILES string of the molecule is CCCC[C@@H](F)[C@H](C)C=C[C@H]1[C@H]2C[C@@H](CCCCC(=O)OO)O[C@H]2C[C@H]1C(=O)O. The highest BCUT2D eigenvalue weighted by atomic mass is 19.1. The quantitative estimate of drug-likeness (QED) is 0.207. The van der Waals surface area contributed by atoms with Crippen LogP contribution in [0.2, 0.25) is 0 Å². The second-order valence-electron chi connectivity index (χ2n) is 8.57. The van der Waals surface area contributed by atoms with E-state index in [0.717, 1.165) is 32.1 Å². The van der Waals surface area contributed by atoms with Crippen LogP contribution in [-0.4, -0.2) is 40.7 Å². The molecule has 0 bridgehead atoms. The standard InChI is InChI=1S/C22H35FO6/c1-3-4-8-19(23)14(2)10-11-16-17-12-15(7-5-6-9-21(24)29-27)28-20(17)13-18(16)22(25)26/h10-11,14-20,27H,3-9,12-13H2,1-2H3,(H,25,26)/t14-,15-,16+,17-,18-,19-,20+/m1/s1. The molecule has 0 aromatic heterocycles. The van der Waals surface area contributed by atoms with E-state index in [1.807, 2.05) is 26.0 Å². The van der Waals surface area contributed by atoms with Crippen molar-refractivity contribution < 1.29 is 34.0 Å². The molecule has 2 rings (SSSR count). The molecule has 0 amide bonds. The predicted octanol–water partition coefficient (Wildman–Crippen LogP) is 4.78. The lowest BCUT2D eigenvalue weighted by atomic mass is 9.84. The van der Waals surface area contributed by atoms with Crippen molar-refractivity contribution in [3.8, 4) is 0 Å². The monoisotopic (exact) mass is 414 g/mol. The number of halogens is 1. The van der Waals surface area contributed by atoms with E-state index < -0.39 is 24.0 Å². The van der Waals surface area contributed by atoms with Crippen LogP contribution in [0.5, 0.6) is 0 Å². The highest BCUT2D eigenvalue weighted by Crippen LogP contribution is 2.48. The lowest BCUT2D eigenvalue weighted by Gasteiger charge is -2.20. The van der Waals surface area contributed by atoms with E-state index in [4.69, 9.17) is 9.99 Å². The normalized spacial score (nSPS) is 31.0. The molecule has 1 aliphatic carbocycles. The average molecular weight is 415 g/mol. The van der Waals surface area contributed by atoms with Gasteiger partial charge >= 0.3 is 11.9 Å². The van der Waals surface area contributed by atoms with Gasteiger partial charge in [0, 0.05) is 12.3 Å². The number of allylic oxidation sites excluding steroid dienone is 2. The zero-order valence-electron chi connectivity index (χ0n) is 17.5. The van der Waals surface area contributed by atoms with Crippen molar-refractivity contribution in [2.24, 2.45) is 23.7 Å². The number of carbonyl (C=O) groups excluding carboxylic acids is 1. The number of carbonyl (C=O) groups is 2. The predicted molar refractivity (Wildman–Crippen MR) is 106 cm³/mol. The number of carboxylic acid groups (broad SMARTS) is 1. The Hall–Kier alpha value is -1.47. The third kappa shape index (κ3) is 6.78. The van der Waals surface area contributed by atoms with Gasteiger partial charge in [-0.1, -0.05) is 45.3 Å². The molecule has 1 saturated heterocycles. The lowest BCUT2D eigenvalue weighted by Crippen LogP contribution is -2.22. The van der Waals surface area contributed by atoms with Crippen molar-refractivity contribution in [1.29, 1.82) is 0 Å². The molecular formula is C22H35FO6. The molecule has 2 aliphatic rings. The minimum atomic E-state index is -0.898. The minimum absolute atomic E-state index is 0.0525. The summed E-state index contributed by atoms with van der Waals surface area (Å²) in [5, 5.41) is 17.9. The molecule has 7 heteroatoms. The molecule has 7 atom stereocenters. The first-order valence-electron chi connectivity index (χ1n) is 10.9. The molecule has 0 radical (unpaired) electrons. The number of rotatable bonds is 12. The van der Waals surface area contributed by atoms with Crippen molar-refractivity contribution in [2.75, 3.05) is 0 Å². The molecule has 0 aromatic rings. The molecule has 1 saturated carbocycles. The second kappa shape index (κ2) is 11.6. The number of ether oxygens (including phenoxy) is 1. The van der Waals surface area contributed by atoms with Crippen LogP contribution in [-0.2, 0) is 19.2 Å². The molecule has 6 nitrogen and oxygen atoms in total. The van der Waals surface area contributed by atoms with Crippen LogP contribution in [0.15, 0.2) is 12.2 Å². The Morgan fingerprint density at radius 3 is 2.69 bits per heavy atom. The van der Waals surface area contributed by atoms with Gasteiger partial charge in [0.2, 0.25) is 0 Å². The van der Waals surface area contributed by atoms with Crippen LogP contribution >= 0.6 is 0 Å². The van der Waals surface area contributed by atoms with Crippen molar-refractivity contribution in [2.45, 2.75) is 90.0 Å². The molecule has 0 unspecified atom stereocenters. The summed E-state index contributed by atoms with van der Waals surface area (Å²) in [6, 6.07) is 0. The van der Waals surface area contributed by atoms with Crippen molar-refractivity contribution >= 4 is 11.9 Å². The zero-order valence-corrected chi connectivity index (χ0v) is 17.5. The highest BCUT2D eigenvalue weighted by molar-refractivity contribution is 5.71. The van der Waals surface area contributed by atoms with Gasteiger partial charge < -0.3 is 14.7 Å². The molecular weight excluding hydrogens is 379 g/mol. The number of unbranched alkanes of at least 4 members (excludes halogenated alkanes) is 2. The molecule has 0 spiro atoms. The molecule has 0 aromatic carbocycles. The second-order valence-corrected chi connectivity index (χ2v) is 8.57. The maximum Gasteiger partial charge on any atom is 0.342 e. The van der Waals surface area contributed by atoms with Crippen molar-refractivity contribution in [3.63, 3.8) is 0 Å². The maximum atomic E-state index is 14.3. The Kier molecular flexibility index (Phi) is 9.56. The summed E-state index contributed by atoms with van der Waals surface area (Å²) < 4.78 is 20.4. The van der Waals surface area contributed by atoms with Gasteiger partial charge in [0.1, 0.15) is 6.17 Å². The summed E-state index contributed by atoms with van der Waals surface area (Å²) in [6.45, 7) is 3.89. The average Bonchev–Trinajstić information content (AvgIpc) is 3.24. The molecule has 29 heavy (non-hydrogen) atoms. The molecule has 1 aliphatic heterocycles. The third-order valence-corrected chi connectivity index (χ3v) is 6.44. The van der Waals surface area contributed by atoms with Gasteiger partial charge in [-0.3, -0.25) is 4.79 Å². The fourth-order valence-corrected chi connectivity index (χ4v) is 4.70. The lowest BCUT2D eigenvalue weighted by molar-refractivity contribution is -0.234. The van der Waals surface area contributed by atoms with Crippen LogP contribution in [0.3, 0.4) is 0 Å². The van der Waals surface area contributed by atoms with Crippen LogP contribution < -0.4 is 0 Å². The van der Waals surface area contributed by atoms with Crippen molar-refractivity contribution in [1.82, 2.24) is 0 Å². The largest absolute Gasteiger partial charge is 0.481 e. The van der Waals surface area contributed by atoms with Crippen LogP contribution in [0.1, 0.15) is 71.6 Å². The van der Waals surface area contributed by atoms with Gasteiger partial charge in [-0.05, 0) is 43.9 Å². The van der Waals surface area contributed by atoms with E-state index in [1.54, 1.807) is 0 Å². The van der Waals surface area contributed by atoms with E-state index in [9.17, 15) is 19.1 Å². The Morgan fingerprint density at radius 2 is 2.03 bits per heavy atom. The highest BCUT2D eigenvalue weighted by Gasteiger charge is 2.50. The zero-order chi connectivity index (χ0) is 21.4. The first kappa shape index (κ1) is 23.8. The third-order valence-electron chi connectivity index (χ3n) is 6.44. The summed E-state index contributed by atoms with van der Waals surface area (Å²) in [5.41, 5.74) is 0. The smallest absolute Gasteiger partial charge is 0.342 e. The van der Waals surface area contributed by atoms with Gasteiger partial charge in [0.15, 0.2) is 0 Å². The number of aliphatic carboxylic acids is 1. The number of fused-ring (bicyclic) bond motifs is 1. The Labute approximate surface area is 172 Å². The first-order chi connectivity index (χ1) is 13.9. The van der Waals surface area contributed by atoms with E-state index >= 15 is 0 Å². The Balaban J connectivity index is 1.90. The fraction of sp³-hybridized carbons (Fsp3) is 0.818. The molecule has 2 fully saturated rings. The van der Waals surface area contributed by atoms with Gasteiger partial charge in [0.05, 0.1) is 18.1 Å². The number of hydrogen-bond acceptors (Lipinski definition) is 5. The Morgan fingerprint density at radius 1 is 1.28 bits per heavy atom. The van der Waals surface area contributed by atoms with E-state index in [2.05, 4.69) is 4.89 Å². The molecule has 2 N–H and O–H groups in total. The summed E-state index contributed by atoms with van der Waals surface area (Å²) in [7, 11) is 0. The number of alkyl halides is 1. The summed E-state index contributed by atoms with van der Waals surface area (Å²) in [5.74, 6) is -2.15. The van der Waals surface area contributed by atoms with Crippen LogP contribution in [0, 0.1) is 23.7 Å². The van der Waals surface area contributed by atoms with E-state index in [-0.39, 0.29) is 36.4 Å². The van der Waals surface area contributed by atoms with Gasteiger partial charge in [0.25, 0.3) is 0 Å². The summed E-state index contributed by atoms with van der Waals surface area (Å²) in [4.78, 5) is 26.3. The van der Waals surface area contributed by atoms with Gasteiger partial charge in [-0.25, -0.2) is 9.18 Å². The van der Waals surface area contributed by atoms with Crippen molar-refractivity contribution in [3.05, 3.63) is 12.2 Å². The number of carboxylic acids is 1. The van der Waals surface area contributed by atoms with E-state index in [1.165, 1.54) is 0 Å². The minimum Gasteiger partial charge on any atom is -0.481 e. The maximum absolute atomic E-state index is 14.3. The topological polar surface area (TPSA) is 93.1 Å². The van der Waals surface area contributed by atoms with Crippen LogP contribution in [0.25, 0.3) is 0 Å². The summed E-state index contributed by atoms with van der Waals surface area (Å²) >= 11 is 0. The first-order valence-corrected chi connectivity index (χ1v) is 10.9. The van der Waals surface area contributed by atoms with Gasteiger partial charge in [-0.2, -0.15) is 5.26 Å².